The van der Waals surface area contributed by atoms with Gasteiger partial charge in [-0.2, -0.15) is 0 Å². The SMILES string of the molecule is CC1=CCC(C(C)CC2CCC(O)C(O)C2)OC(=O)C2CCCCN2C(=O)CC2(O)OC(CCC2C)CC(O)C(C)=CC=CC=CC(C)CC(C)C(=O)CC1O. The lowest BCUT2D eigenvalue weighted by Crippen LogP contribution is -2.54. The Bertz CT molecular complexity index is 1440. The first-order valence-electron chi connectivity index (χ1n) is 21.3. The lowest BCUT2D eigenvalue weighted by molar-refractivity contribution is -0.283. The molecule has 11 heteroatoms. The molecule has 2 bridgehead atoms. The molecule has 11 nitrogen and oxygen atoms in total. The van der Waals surface area contributed by atoms with E-state index in [2.05, 4.69) is 0 Å². The first-order chi connectivity index (χ1) is 26.5. The highest BCUT2D eigenvalue weighted by Crippen LogP contribution is 2.38. The highest BCUT2D eigenvalue weighted by molar-refractivity contribution is 5.85. The van der Waals surface area contributed by atoms with E-state index in [4.69, 9.17) is 9.47 Å². The zero-order valence-electron chi connectivity index (χ0n) is 34.7. The first-order valence-corrected chi connectivity index (χ1v) is 21.3. The number of aliphatic hydroxyl groups is 5. The molecule has 1 amide bonds. The molecule has 316 valence electrons. The van der Waals surface area contributed by atoms with Gasteiger partial charge in [-0.1, -0.05) is 64.2 Å². The molecule has 4 rings (SSSR count). The Balaban J connectivity index is 1.61. The number of amides is 1. The van der Waals surface area contributed by atoms with Crippen molar-refractivity contribution in [1.29, 1.82) is 0 Å². The zero-order valence-corrected chi connectivity index (χ0v) is 34.7. The van der Waals surface area contributed by atoms with E-state index in [9.17, 15) is 39.9 Å². The summed E-state index contributed by atoms with van der Waals surface area (Å²) >= 11 is 0. The molecule has 0 aromatic heterocycles. The average molecular weight is 786 g/mol. The number of aliphatic hydroxyl groups excluding tert-OH is 4. The summed E-state index contributed by atoms with van der Waals surface area (Å²) < 4.78 is 12.5. The van der Waals surface area contributed by atoms with Gasteiger partial charge in [-0.15, -0.1) is 0 Å². The zero-order chi connectivity index (χ0) is 41.2. The maximum atomic E-state index is 14.1. The van der Waals surface area contributed by atoms with Crippen molar-refractivity contribution in [2.75, 3.05) is 6.54 Å². The van der Waals surface area contributed by atoms with Crippen molar-refractivity contribution in [3.05, 3.63) is 47.6 Å². The summed E-state index contributed by atoms with van der Waals surface area (Å²) in [5, 5.41) is 54.4. The van der Waals surface area contributed by atoms with Crippen LogP contribution in [-0.2, 0) is 23.9 Å². The van der Waals surface area contributed by atoms with Gasteiger partial charge in [-0.3, -0.25) is 9.59 Å². The van der Waals surface area contributed by atoms with E-state index >= 15 is 0 Å². The van der Waals surface area contributed by atoms with Gasteiger partial charge in [0.1, 0.15) is 17.9 Å². The molecule has 4 aliphatic rings. The molecule has 0 radical (unpaired) electrons. The Morgan fingerprint density at radius 2 is 1.61 bits per heavy atom. The van der Waals surface area contributed by atoms with Crippen molar-refractivity contribution in [3.63, 3.8) is 0 Å². The Morgan fingerprint density at radius 1 is 0.857 bits per heavy atom. The number of Topliss-reactive ketones (excluding diaryl/α,β-unsaturated/α-hetero) is 1. The van der Waals surface area contributed by atoms with Crippen LogP contribution in [-0.4, -0.2) is 103 Å². The van der Waals surface area contributed by atoms with Gasteiger partial charge in [0, 0.05) is 37.6 Å². The highest BCUT2D eigenvalue weighted by Gasteiger charge is 2.46. The summed E-state index contributed by atoms with van der Waals surface area (Å²) in [4.78, 5) is 42.9. The molecular formula is C45H71NO10. The quantitative estimate of drug-likeness (QED) is 0.172. The Labute approximate surface area is 334 Å². The largest absolute Gasteiger partial charge is 0.460 e. The van der Waals surface area contributed by atoms with Crippen LogP contribution in [0.5, 0.6) is 0 Å². The number of rotatable bonds is 3. The van der Waals surface area contributed by atoms with Crippen LogP contribution in [0.4, 0.5) is 0 Å². The molecule has 13 unspecified atom stereocenters. The van der Waals surface area contributed by atoms with Gasteiger partial charge in [0.15, 0.2) is 5.79 Å². The van der Waals surface area contributed by atoms with Crippen LogP contribution in [0.2, 0.25) is 0 Å². The van der Waals surface area contributed by atoms with Crippen LogP contribution in [0.25, 0.3) is 0 Å². The molecule has 0 aromatic rings. The summed E-state index contributed by atoms with van der Waals surface area (Å²) in [6.07, 6.45) is 13.2. The summed E-state index contributed by atoms with van der Waals surface area (Å²) in [5.74, 6) is -3.20. The van der Waals surface area contributed by atoms with E-state index in [1.807, 2.05) is 71.1 Å². The van der Waals surface area contributed by atoms with Crippen molar-refractivity contribution in [2.45, 2.75) is 180 Å². The average Bonchev–Trinajstić information content (AvgIpc) is 3.15. The van der Waals surface area contributed by atoms with Gasteiger partial charge in [-0.05, 0) is 107 Å². The van der Waals surface area contributed by atoms with Crippen LogP contribution in [0.1, 0.15) is 131 Å². The topological polar surface area (TPSA) is 174 Å². The normalized spacial score (nSPS) is 38.8. The molecule has 3 heterocycles. The smallest absolute Gasteiger partial charge is 0.329 e. The number of cyclic esters (lactones) is 1. The number of carbonyl (C=O) groups is 3. The maximum Gasteiger partial charge on any atom is 0.329 e. The molecule has 1 saturated carbocycles. The Hall–Kier alpha value is -2.67. The number of hydrogen-bond donors (Lipinski definition) is 5. The van der Waals surface area contributed by atoms with E-state index in [0.717, 1.165) is 18.4 Å². The Morgan fingerprint density at radius 3 is 2.34 bits per heavy atom. The lowest BCUT2D eigenvalue weighted by atomic mass is 9.79. The van der Waals surface area contributed by atoms with Crippen LogP contribution >= 0.6 is 0 Å². The van der Waals surface area contributed by atoms with Gasteiger partial charge < -0.3 is 39.9 Å². The number of piperidine rings is 1. The van der Waals surface area contributed by atoms with Gasteiger partial charge in [-0.25, -0.2) is 4.79 Å². The molecule has 13 atom stereocenters. The predicted octanol–water partition coefficient (Wildman–Crippen LogP) is 5.86. The van der Waals surface area contributed by atoms with Crippen LogP contribution in [0, 0.1) is 29.6 Å². The molecule has 2 saturated heterocycles. The second kappa shape index (κ2) is 21.4. The second-order valence-corrected chi connectivity index (χ2v) is 17.8. The van der Waals surface area contributed by atoms with Gasteiger partial charge in [0.2, 0.25) is 5.91 Å². The van der Waals surface area contributed by atoms with Crippen molar-refractivity contribution in [1.82, 2.24) is 4.90 Å². The van der Waals surface area contributed by atoms with E-state index < -0.39 is 54.4 Å². The highest BCUT2D eigenvalue weighted by atomic mass is 16.6. The van der Waals surface area contributed by atoms with Gasteiger partial charge in [0.05, 0.1) is 36.9 Å². The van der Waals surface area contributed by atoms with E-state index in [1.165, 1.54) is 4.90 Å². The molecule has 3 aliphatic heterocycles. The monoisotopic (exact) mass is 786 g/mol. The third kappa shape index (κ3) is 13.2. The fourth-order valence-electron chi connectivity index (χ4n) is 8.86. The number of esters is 1. The van der Waals surface area contributed by atoms with Crippen molar-refractivity contribution in [2.24, 2.45) is 29.6 Å². The van der Waals surface area contributed by atoms with E-state index in [1.54, 1.807) is 6.92 Å². The number of ether oxygens (including phenoxy) is 2. The second-order valence-electron chi connectivity index (χ2n) is 17.8. The summed E-state index contributed by atoms with van der Waals surface area (Å²) in [7, 11) is 0. The van der Waals surface area contributed by atoms with E-state index in [0.29, 0.717) is 69.9 Å². The van der Waals surface area contributed by atoms with E-state index in [-0.39, 0.29) is 60.5 Å². The number of hydrogen-bond acceptors (Lipinski definition) is 10. The predicted molar refractivity (Wildman–Crippen MR) is 215 cm³/mol. The number of ketones is 1. The fourth-order valence-corrected chi connectivity index (χ4v) is 8.86. The maximum absolute atomic E-state index is 14.1. The Kier molecular flexibility index (Phi) is 17.6. The van der Waals surface area contributed by atoms with Crippen molar-refractivity contribution >= 4 is 17.7 Å². The van der Waals surface area contributed by atoms with Crippen molar-refractivity contribution in [3.8, 4) is 0 Å². The number of carbonyl (C=O) groups excluding carboxylic acids is 3. The molecule has 3 fully saturated rings. The summed E-state index contributed by atoms with van der Waals surface area (Å²) in [6.45, 7) is 11.7. The molecule has 5 N–H and O–H groups in total. The molecule has 56 heavy (non-hydrogen) atoms. The number of allylic oxidation sites excluding steroid dienone is 5. The van der Waals surface area contributed by atoms with Gasteiger partial charge >= 0.3 is 5.97 Å². The molecular weight excluding hydrogens is 714 g/mol. The number of fused-ring (bicyclic) bond motifs is 3. The third-order valence-corrected chi connectivity index (χ3v) is 13.0. The molecule has 0 spiro atoms. The minimum absolute atomic E-state index is 0.0246. The standard InChI is InChI=1S/C45H71NO10/c1-28-12-8-7-9-13-29(2)38(48)25-35-18-16-33(6)45(54,56-35)27-43(52)46-21-11-10-14-36(46)44(53)55-42(32(5)23-34-17-19-37(47)41(51)24-34)20-15-30(3)39(49)26-40(50)31(4)22-28/h7-9,12-13,15,28,31-39,41-42,47-49,51,54H,10-11,14,16-27H2,1-6H3. The van der Waals surface area contributed by atoms with Crippen LogP contribution in [0.15, 0.2) is 47.6 Å². The van der Waals surface area contributed by atoms with Crippen molar-refractivity contribution < 1.29 is 49.4 Å². The molecule has 1 aliphatic carbocycles. The van der Waals surface area contributed by atoms with Crippen LogP contribution < -0.4 is 0 Å². The summed E-state index contributed by atoms with van der Waals surface area (Å²) in [6, 6.07) is -0.840. The van der Waals surface area contributed by atoms with Gasteiger partial charge in [0.25, 0.3) is 0 Å². The minimum Gasteiger partial charge on any atom is -0.460 e. The van der Waals surface area contributed by atoms with Crippen LogP contribution in [0.3, 0.4) is 0 Å². The lowest BCUT2D eigenvalue weighted by Gasteiger charge is -2.44. The third-order valence-electron chi connectivity index (χ3n) is 13.0. The first kappa shape index (κ1) is 46.0. The number of nitrogens with zero attached hydrogens (tertiary/aromatic N) is 1. The minimum atomic E-state index is -1.76. The fraction of sp³-hybridized carbons (Fsp3) is 0.756. The molecule has 0 aromatic carbocycles. The summed E-state index contributed by atoms with van der Waals surface area (Å²) in [5.41, 5.74) is 1.35.